The van der Waals surface area contributed by atoms with E-state index in [1.807, 2.05) is 37.3 Å². The predicted molar refractivity (Wildman–Crippen MR) is 99.6 cm³/mol. The van der Waals surface area contributed by atoms with Crippen molar-refractivity contribution in [1.82, 2.24) is 15.4 Å². The predicted octanol–water partition coefficient (Wildman–Crippen LogP) is 2.77. The van der Waals surface area contributed by atoms with Crippen molar-refractivity contribution >= 4 is 5.91 Å². The molecule has 0 spiro atoms. The normalized spacial score (nSPS) is 16.4. The maximum atomic E-state index is 12.1. The molecule has 1 aromatic heterocycles. The largest absolute Gasteiger partial charge is 0.379 e. The van der Waals surface area contributed by atoms with E-state index < -0.39 is 0 Å². The van der Waals surface area contributed by atoms with Gasteiger partial charge in [0.05, 0.1) is 19.8 Å². The second-order valence-corrected chi connectivity index (χ2v) is 6.86. The summed E-state index contributed by atoms with van der Waals surface area (Å²) in [4.78, 5) is 14.5. The van der Waals surface area contributed by atoms with Gasteiger partial charge in [0.15, 0.2) is 5.76 Å². The van der Waals surface area contributed by atoms with Crippen LogP contribution in [0.4, 0.5) is 0 Å². The van der Waals surface area contributed by atoms with Crippen LogP contribution in [0.1, 0.15) is 31.0 Å². The molecule has 0 saturated carbocycles. The van der Waals surface area contributed by atoms with Crippen molar-refractivity contribution in [2.75, 3.05) is 26.3 Å². The lowest BCUT2D eigenvalue weighted by molar-refractivity contribution is -0.121. The number of nitrogens with one attached hydrogen (secondary N) is 1. The first-order valence-electron chi connectivity index (χ1n) is 9.23. The first-order valence-corrected chi connectivity index (χ1v) is 9.23. The number of amides is 1. The molecule has 3 rings (SSSR count). The smallest absolute Gasteiger partial charge is 0.220 e. The van der Waals surface area contributed by atoms with Crippen LogP contribution < -0.4 is 5.32 Å². The molecule has 0 radical (unpaired) electrons. The third kappa shape index (κ3) is 5.16. The molecule has 2 aromatic rings. The summed E-state index contributed by atoms with van der Waals surface area (Å²) in [6, 6.07) is 10.4. The second kappa shape index (κ2) is 8.96. The van der Waals surface area contributed by atoms with Gasteiger partial charge in [0, 0.05) is 37.2 Å². The summed E-state index contributed by atoms with van der Waals surface area (Å²) in [6.45, 7) is 8.07. The van der Waals surface area contributed by atoms with Crippen molar-refractivity contribution in [3.63, 3.8) is 0 Å². The van der Waals surface area contributed by atoms with Crippen molar-refractivity contribution in [1.29, 1.82) is 0 Å². The fraction of sp³-hybridized carbons (Fsp3) is 0.500. The summed E-state index contributed by atoms with van der Waals surface area (Å²) in [6.07, 6.45) is 1.36. The van der Waals surface area contributed by atoms with Gasteiger partial charge in [-0.2, -0.15) is 0 Å². The number of benzene rings is 1. The van der Waals surface area contributed by atoms with Crippen LogP contribution in [0.2, 0.25) is 0 Å². The van der Waals surface area contributed by atoms with Crippen LogP contribution in [-0.2, 0) is 16.1 Å². The lowest BCUT2D eigenvalue weighted by Gasteiger charge is -2.32. The van der Waals surface area contributed by atoms with Crippen molar-refractivity contribution in [2.45, 2.75) is 39.3 Å². The molecule has 0 aliphatic carbocycles. The number of hydrogen-bond acceptors (Lipinski definition) is 5. The number of carbonyl (C=O) groups excluding carboxylic acids is 1. The molecule has 1 aliphatic heterocycles. The summed E-state index contributed by atoms with van der Waals surface area (Å²) >= 11 is 0. The molecule has 2 heterocycles. The van der Waals surface area contributed by atoms with Gasteiger partial charge >= 0.3 is 0 Å². The van der Waals surface area contributed by atoms with Gasteiger partial charge in [0.2, 0.25) is 5.91 Å². The zero-order valence-electron chi connectivity index (χ0n) is 15.5. The molecule has 26 heavy (non-hydrogen) atoms. The Morgan fingerprint density at radius 1 is 1.27 bits per heavy atom. The number of nitrogens with zero attached hydrogens (tertiary/aromatic N) is 2. The Morgan fingerprint density at radius 3 is 2.73 bits per heavy atom. The summed E-state index contributed by atoms with van der Waals surface area (Å²) in [5.41, 5.74) is 2.92. The number of aromatic nitrogens is 1. The molecule has 1 aromatic carbocycles. The molecule has 1 amide bonds. The van der Waals surface area contributed by atoms with E-state index in [0.717, 1.165) is 49.7 Å². The third-order valence-electron chi connectivity index (χ3n) is 4.82. The van der Waals surface area contributed by atoms with Crippen molar-refractivity contribution < 1.29 is 14.1 Å². The van der Waals surface area contributed by atoms with Crippen LogP contribution in [0, 0.1) is 6.92 Å². The van der Waals surface area contributed by atoms with E-state index in [0.29, 0.717) is 19.0 Å². The fourth-order valence-corrected chi connectivity index (χ4v) is 3.07. The van der Waals surface area contributed by atoms with Crippen molar-refractivity contribution in [3.8, 4) is 11.3 Å². The first-order chi connectivity index (χ1) is 12.6. The summed E-state index contributed by atoms with van der Waals surface area (Å²) in [5, 5.41) is 6.97. The van der Waals surface area contributed by atoms with Crippen LogP contribution in [0.5, 0.6) is 0 Å². The van der Waals surface area contributed by atoms with E-state index >= 15 is 0 Å². The number of carbonyl (C=O) groups is 1. The Labute approximate surface area is 154 Å². The molecular formula is C20H27N3O3. The number of rotatable bonds is 7. The van der Waals surface area contributed by atoms with E-state index in [-0.39, 0.29) is 5.91 Å². The van der Waals surface area contributed by atoms with Crippen LogP contribution in [0.3, 0.4) is 0 Å². The summed E-state index contributed by atoms with van der Waals surface area (Å²) < 4.78 is 10.7. The van der Waals surface area contributed by atoms with E-state index in [1.165, 1.54) is 5.56 Å². The van der Waals surface area contributed by atoms with Crippen molar-refractivity contribution in [2.24, 2.45) is 0 Å². The molecule has 0 bridgehead atoms. The number of morpholine rings is 1. The fourth-order valence-electron chi connectivity index (χ4n) is 3.07. The average molecular weight is 357 g/mol. The lowest BCUT2D eigenvalue weighted by atomic mass is 10.1. The van der Waals surface area contributed by atoms with Gasteiger partial charge in [-0.1, -0.05) is 35.0 Å². The van der Waals surface area contributed by atoms with E-state index in [4.69, 9.17) is 9.26 Å². The summed E-state index contributed by atoms with van der Waals surface area (Å²) in [7, 11) is 0. The molecular weight excluding hydrogens is 330 g/mol. The maximum Gasteiger partial charge on any atom is 0.220 e. The SMILES string of the molecule is Cc1ccc(-c2cc(CNC(=O)CCC(C)N3CCOCC3)no2)cc1. The third-order valence-corrected chi connectivity index (χ3v) is 4.82. The van der Waals surface area contributed by atoms with Crippen molar-refractivity contribution in [3.05, 3.63) is 41.6 Å². The Morgan fingerprint density at radius 2 is 2.00 bits per heavy atom. The van der Waals surface area contributed by atoms with Crippen LogP contribution in [0.25, 0.3) is 11.3 Å². The minimum atomic E-state index is 0.0463. The highest BCUT2D eigenvalue weighted by Gasteiger charge is 2.17. The van der Waals surface area contributed by atoms with Crippen LogP contribution in [0.15, 0.2) is 34.9 Å². The van der Waals surface area contributed by atoms with Gasteiger partial charge in [0.25, 0.3) is 0 Å². The highest BCUT2D eigenvalue weighted by molar-refractivity contribution is 5.75. The number of hydrogen-bond donors (Lipinski definition) is 1. The Kier molecular flexibility index (Phi) is 6.41. The van der Waals surface area contributed by atoms with E-state index in [9.17, 15) is 4.79 Å². The van der Waals surface area contributed by atoms with Crippen LogP contribution >= 0.6 is 0 Å². The molecule has 1 fully saturated rings. The Hall–Kier alpha value is -2.18. The Bertz CT molecular complexity index is 705. The molecule has 1 saturated heterocycles. The summed E-state index contributed by atoms with van der Waals surface area (Å²) in [5.74, 6) is 0.764. The molecule has 1 atom stereocenters. The van der Waals surface area contributed by atoms with Crippen LogP contribution in [-0.4, -0.2) is 48.3 Å². The molecule has 1 unspecified atom stereocenters. The average Bonchev–Trinajstić information content (AvgIpc) is 3.14. The monoisotopic (exact) mass is 357 g/mol. The van der Waals surface area contributed by atoms with Gasteiger partial charge in [-0.25, -0.2) is 0 Å². The molecule has 1 aliphatic rings. The topological polar surface area (TPSA) is 67.6 Å². The van der Waals surface area contributed by atoms with Gasteiger partial charge in [-0.05, 0) is 20.3 Å². The second-order valence-electron chi connectivity index (χ2n) is 6.86. The minimum absolute atomic E-state index is 0.0463. The maximum absolute atomic E-state index is 12.1. The van der Waals surface area contributed by atoms with E-state index in [1.54, 1.807) is 0 Å². The standard InChI is InChI=1S/C20H27N3O3/c1-15-3-6-17(7-4-15)19-13-18(22-26-19)14-21-20(24)8-5-16(2)23-9-11-25-12-10-23/h3-4,6-7,13,16H,5,8-12,14H2,1-2H3,(H,21,24). The van der Waals surface area contributed by atoms with E-state index in [2.05, 4.69) is 22.3 Å². The highest BCUT2D eigenvalue weighted by Crippen LogP contribution is 2.20. The minimum Gasteiger partial charge on any atom is -0.379 e. The van der Waals surface area contributed by atoms with Gasteiger partial charge in [-0.3, -0.25) is 9.69 Å². The number of ether oxygens (including phenoxy) is 1. The lowest BCUT2D eigenvalue weighted by Crippen LogP contribution is -2.42. The zero-order chi connectivity index (χ0) is 18.4. The molecule has 6 nitrogen and oxygen atoms in total. The number of aryl methyl sites for hydroxylation is 1. The molecule has 1 N–H and O–H groups in total. The van der Waals surface area contributed by atoms with Gasteiger partial charge in [0.1, 0.15) is 5.69 Å². The van der Waals surface area contributed by atoms with Gasteiger partial charge in [-0.15, -0.1) is 0 Å². The Balaban J connectivity index is 1.42. The van der Waals surface area contributed by atoms with Gasteiger partial charge < -0.3 is 14.6 Å². The molecule has 6 heteroatoms. The quantitative estimate of drug-likeness (QED) is 0.825. The first kappa shape index (κ1) is 18.6. The zero-order valence-corrected chi connectivity index (χ0v) is 15.5. The molecule has 140 valence electrons. The highest BCUT2D eigenvalue weighted by atomic mass is 16.5.